The number of hydrogen-bond acceptors (Lipinski definition) is 5. The van der Waals surface area contributed by atoms with E-state index < -0.39 is 0 Å². The van der Waals surface area contributed by atoms with Crippen LogP contribution in [0.15, 0.2) is 66.0 Å². The molecule has 0 aliphatic carbocycles. The molecule has 0 bridgehead atoms. The van der Waals surface area contributed by atoms with Crippen molar-refractivity contribution in [3.05, 3.63) is 66.5 Å². The van der Waals surface area contributed by atoms with E-state index in [1.54, 1.807) is 12.3 Å². The first-order valence-electron chi connectivity index (χ1n) is 6.95. The Kier molecular flexibility index (Phi) is 3.81. The maximum absolute atomic E-state index is 8.83. The third-order valence-corrected chi connectivity index (χ3v) is 3.63. The van der Waals surface area contributed by atoms with Crippen molar-refractivity contribution in [1.29, 1.82) is 10.7 Å². The second-order valence-electron chi connectivity index (χ2n) is 4.94. The fourth-order valence-electron chi connectivity index (χ4n) is 2.52. The van der Waals surface area contributed by atoms with Gasteiger partial charge >= 0.3 is 0 Å². The van der Waals surface area contributed by atoms with Crippen molar-refractivity contribution in [2.75, 3.05) is 0 Å². The predicted molar refractivity (Wildman–Crippen MR) is 91.2 cm³/mol. The number of fused-ring (bicyclic) bond motifs is 1. The highest BCUT2D eigenvalue weighted by atomic mass is 15.1. The number of rotatable bonds is 3. The monoisotopic (exact) mass is 299 g/mol. The first kappa shape index (κ1) is 14.4. The highest BCUT2D eigenvalue weighted by Gasteiger charge is 2.10. The molecule has 5 heteroatoms. The van der Waals surface area contributed by atoms with Gasteiger partial charge in [-0.05, 0) is 22.6 Å². The Hall–Kier alpha value is -3.52. The number of pyridine rings is 1. The summed E-state index contributed by atoms with van der Waals surface area (Å²) in [5.41, 5.74) is 2.70. The van der Waals surface area contributed by atoms with Crippen molar-refractivity contribution in [1.82, 2.24) is 4.98 Å². The van der Waals surface area contributed by atoms with Crippen molar-refractivity contribution in [2.45, 2.75) is 0 Å². The Bertz CT molecular complexity index is 944. The summed E-state index contributed by atoms with van der Waals surface area (Å²) in [6.45, 7) is 0. The fraction of sp³-hybridized carbons (Fsp3) is 0. The van der Waals surface area contributed by atoms with Crippen LogP contribution in [-0.4, -0.2) is 16.4 Å². The van der Waals surface area contributed by atoms with Crippen LogP contribution in [0.25, 0.3) is 21.9 Å². The molecule has 1 heterocycles. The molecule has 0 aliphatic heterocycles. The van der Waals surface area contributed by atoms with Gasteiger partial charge in [0.05, 0.1) is 0 Å². The summed E-state index contributed by atoms with van der Waals surface area (Å²) in [7, 11) is 0. The summed E-state index contributed by atoms with van der Waals surface area (Å²) in [4.78, 5) is 4.14. The summed E-state index contributed by atoms with van der Waals surface area (Å²) in [5.74, 6) is 5.29. The molecule has 0 amide bonds. The molecule has 0 saturated heterocycles. The van der Waals surface area contributed by atoms with E-state index >= 15 is 0 Å². The number of benzene rings is 2. The Labute approximate surface area is 133 Å². The van der Waals surface area contributed by atoms with Gasteiger partial charge in [-0.25, -0.2) is 0 Å². The number of aromatic nitrogens is 1. The Morgan fingerprint density at radius 1 is 1.13 bits per heavy atom. The Morgan fingerprint density at radius 3 is 2.61 bits per heavy atom. The average Bonchev–Trinajstić information content (AvgIpc) is 2.62. The molecule has 0 atom stereocenters. The zero-order valence-corrected chi connectivity index (χ0v) is 12.2. The van der Waals surface area contributed by atoms with Crippen molar-refractivity contribution < 1.29 is 0 Å². The largest absolute Gasteiger partial charge is 0.323 e. The van der Waals surface area contributed by atoms with E-state index in [9.17, 15) is 0 Å². The standard InChI is InChI=1S/C18H13N5/c19-10-17(20)18(23-21)13-6-4-12(5-7-13)15-3-1-2-14-11-22-9-8-16(14)15/h1-9,11,20H,21H2. The molecule has 2 aromatic carbocycles. The van der Waals surface area contributed by atoms with Gasteiger partial charge in [0, 0.05) is 23.3 Å². The van der Waals surface area contributed by atoms with Crippen LogP contribution in [0, 0.1) is 16.7 Å². The molecule has 3 aromatic rings. The molecule has 0 spiro atoms. The van der Waals surface area contributed by atoms with Crippen molar-refractivity contribution >= 4 is 22.2 Å². The fourth-order valence-corrected chi connectivity index (χ4v) is 2.52. The normalized spacial score (nSPS) is 11.2. The minimum Gasteiger partial charge on any atom is -0.323 e. The van der Waals surface area contributed by atoms with Crippen LogP contribution < -0.4 is 5.84 Å². The molecule has 3 rings (SSSR count). The molecule has 0 unspecified atom stereocenters. The minimum absolute atomic E-state index is 0.182. The van der Waals surface area contributed by atoms with E-state index in [1.807, 2.05) is 54.7 Å². The molecule has 110 valence electrons. The van der Waals surface area contributed by atoms with E-state index in [-0.39, 0.29) is 11.4 Å². The second kappa shape index (κ2) is 6.08. The first-order chi connectivity index (χ1) is 11.2. The molecule has 1 aromatic heterocycles. The average molecular weight is 299 g/mol. The van der Waals surface area contributed by atoms with Crippen molar-refractivity contribution in [3.63, 3.8) is 0 Å². The highest BCUT2D eigenvalue weighted by Crippen LogP contribution is 2.28. The van der Waals surface area contributed by atoms with Gasteiger partial charge in [-0.3, -0.25) is 10.4 Å². The van der Waals surface area contributed by atoms with Crippen LogP contribution in [0.5, 0.6) is 0 Å². The molecule has 0 aliphatic rings. The smallest absolute Gasteiger partial charge is 0.160 e. The van der Waals surface area contributed by atoms with Crippen LogP contribution in [-0.2, 0) is 0 Å². The van der Waals surface area contributed by atoms with Gasteiger partial charge in [0.15, 0.2) is 5.71 Å². The van der Waals surface area contributed by atoms with E-state index in [1.165, 1.54) is 0 Å². The van der Waals surface area contributed by atoms with Crippen LogP contribution in [0.4, 0.5) is 0 Å². The quantitative estimate of drug-likeness (QED) is 0.441. The number of nitriles is 1. The third-order valence-electron chi connectivity index (χ3n) is 3.63. The van der Waals surface area contributed by atoms with Gasteiger partial charge in [0.1, 0.15) is 11.8 Å². The summed E-state index contributed by atoms with van der Waals surface area (Å²) in [6, 6.07) is 17.3. The Balaban J connectivity index is 2.06. The van der Waals surface area contributed by atoms with Crippen LogP contribution in [0.3, 0.4) is 0 Å². The number of hydrogen-bond donors (Lipinski definition) is 2. The topological polar surface area (TPSA) is 98.9 Å². The number of nitrogens with one attached hydrogen (secondary N) is 1. The van der Waals surface area contributed by atoms with Crippen molar-refractivity contribution in [2.24, 2.45) is 10.9 Å². The van der Waals surface area contributed by atoms with Crippen LogP contribution in [0.2, 0.25) is 0 Å². The molecule has 0 saturated carbocycles. The molecule has 5 nitrogen and oxygen atoms in total. The van der Waals surface area contributed by atoms with E-state index in [2.05, 4.69) is 10.1 Å². The first-order valence-corrected chi connectivity index (χ1v) is 6.95. The summed E-state index contributed by atoms with van der Waals surface area (Å²) < 4.78 is 0. The number of hydrazone groups is 1. The summed E-state index contributed by atoms with van der Waals surface area (Å²) in [5, 5.41) is 22.1. The summed E-state index contributed by atoms with van der Waals surface area (Å²) >= 11 is 0. The maximum atomic E-state index is 8.83. The maximum Gasteiger partial charge on any atom is 0.160 e. The van der Waals surface area contributed by atoms with E-state index in [0.717, 1.165) is 21.9 Å². The lowest BCUT2D eigenvalue weighted by Crippen LogP contribution is -2.14. The SMILES string of the molecule is N#CC(=N)C(=NN)c1ccc(-c2cccc3cnccc23)cc1. The lowest BCUT2D eigenvalue weighted by atomic mass is 9.97. The molecule has 0 fully saturated rings. The van der Waals surface area contributed by atoms with Gasteiger partial charge in [-0.1, -0.05) is 42.5 Å². The van der Waals surface area contributed by atoms with Gasteiger partial charge in [-0.2, -0.15) is 10.4 Å². The van der Waals surface area contributed by atoms with E-state index in [0.29, 0.717) is 5.56 Å². The number of nitrogens with two attached hydrogens (primary N) is 1. The molecular weight excluding hydrogens is 286 g/mol. The van der Waals surface area contributed by atoms with Gasteiger partial charge in [-0.15, -0.1) is 0 Å². The molecule has 23 heavy (non-hydrogen) atoms. The van der Waals surface area contributed by atoms with Crippen LogP contribution in [0.1, 0.15) is 5.56 Å². The van der Waals surface area contributed by atoms with Gasteiger partial charge < -0.3 is 5.84 Å². The lowest BCUT2D eigenvalue weighted by molar-refractivity contribution is 1.25. The summed E-state index contributed by atoms with van der Waals surface area (Å²) in [6.07, 6.45) is 3.61. The van der Waals surface area contributed by atoms with E-state index in [4.69, 9.17) is 16.5 Å². The Morgan fingerprint density at radius 2 is 1.91 bits per heavy atom. The predicted octanol–water partition coefficient (Wildman–Crippen LogP) is 3.11. The minimum atomic E-state index is -0.253. The second-order valence-corrected chi connectivity index (χ2v) is 4.94. The van der Waals surface area contributed by atoms with Gasteiger partial charge in [0.25, 0.3) is 0 Å². The third kappa shape index (κ3) is 2.65. The zero-order valence-electron chi connectivity index (χ0n) is 12.2. The number of nitrogens with zero attached hydrogens (tertiary/aromatic N) is 3. The molecule has 0 radical (unpaired) electrons. The van der Waals surface area contributed by atoms with Crippen molar-refractivity contribution in [3.8, 4) is 17.2 Å². The highest BCUT2D eigenvalue weighted by molar-refractivity contribution is 6.52. The van der Waals surface area contributed by atoms with Gasteiger partial charge in [0.2, 0.25) is 0 Å². The zero-order chi connectivity index (χ0) is 16.2. The molecule has 3 N–H and O–H groups in total. The lowest BCUT2D eigenvalue weighted by Gasteiger charge is -2.08. The molecular formula is C18H13N5. The van der Waals surface area contributed by atoms with Crippen LogP contribution >= 0.6 is 0 Å².